The van der Waals surface area contributed by atoms with Crippen LogP contribution in [-0.4, -0.2) is 18.2 Å². The topological polar surface area (TPSA) is 46.2 Å². The lowest BCUT2D eigenvalue weighted by Crippen LogP contribution is -2.34. The highest BCUT2D eigenvalue weighted by molar-refractivity contribution is 6.36. The smallest absolute Gasteiger partial charge is 0.287 e. The Hall–Kier alpha value is -1.64. The van der Waals surface area contributed by atoms with Gasteiger partial charge in [-0.1, -0.05) is 44.2 Å². The van der Waals surface area contributed by atoms with Crippen molar-refractivity contribution < 1.29 is 9.59 Å². The van der Waals surface area contributed by atoms with Gasteiger partial charge >= 0.3 is 0 Å². The molecule has 0 aliphatic rings. The molecule has 0 fully saturated rings. The maximum absolute atomic E-state index is 11.4. The zero-order chi connectivity index (χ0) is 13.4. The second kappa shape index (κ2) is 7.64. The first-order valence-electron chi connectivity index (χ1n) is 6.47. The van der Waals surface area contributed by atoms with Gasteiger partial charge in [-0.15, -0.1) is 0 Å². The molecule has 0 heterocycles. The molecular formula is C15H21NO2. The number of unbranched alkanes of at least 4 members (excludes halogenated alkanes) is 1. The van der Waals surface area contributed by atoms with E-state index in [1.54, 1.807) is 13.8 Å². The van der Waals surface area contributed by atoms with Crippen LogP contribution >= 0.6 is 0 Å². The Bertz CT molecular complexity index is 385. The van der Waals surface area contributed by atoms with Gasteiger partial charge in [0.2, 0.25) is 5.78 Å². The molecule has 18 heavy (non-hydrogen) atoms. The third-order valence-electron chi connectivity index (χ3n) is 2.77. The van der Waals surface area contributed by atoms with Gasteiger partial charge in [0.15, 0.2) is 0 Å². The standard InChI is InChI=1S/C15H21NO2/c1-12(2)14(17)15(18)16-11-7-6-10-13-8-4-3-5-9-13/h3-5,8-9,12H,6-7,10-11H2,1-2H3,(H,16,18). The van der Waals surface area contributed by atoms with Gasteiger partial charge in [0.1, 0.15) is 0 Å². The van der Waals surface area contributed by atoms with Crippen molar-refractivity contribution in [2.75, 3.05) is 6.54 Å². The number of benzene rings is 1. The van der Waals surface area contributed by atoms with E-state index in [-0.39, 0.29) is 11.7 Å². The molecule has 1 rings (SSSR count). The van der Waals surface area contributed by atoms with E-state index in [0.717, 1.165) is 19.3 Å². The molecule has 1 aromatic rings. The quantitative estimate of drug-likeness (QED) is 0.594. The summed E-state index contributed by atoms with van der Waals surface area (Å²) in [5.41, 5.74) is 1.31. The van der Waals surface area contributed by atoms with Crippen molar-refractivity contribution >= 4 is 11.7 Å². The van der Waals surface area contributed by atoms with Crippen LogP contribution in [0.25, 0.3) is 0 Å². The van der Waals surface area contributed by atoms with Crippen LogP contribution in [0.5, 0.6) is 0 Å². The molecule has 0 aromatic heterocycles. The molecule has 1 aromatic carbocycles. The van der Waals surface area contributed by atoms with Crippen LogP contribution in [0.15, 0.2) is 30.3 Å². The average molecular weight is 247 g/mol. The van der Waals surface area contributed by atoms with Crippen LogP contribution in [0.1, 0.15) is 32.3 Å². The molecule has 0 atom stereocenters. The van der Waals surface area contributed by atoms with Crippen LogP contribution < -0.4 is 5.32 Å². The number of ketones is 1. The number of carbonyl (C=O) groups excluding carboxylic acids is 2. The second-order valence-electron chi connectivity index (χ2n) is 4.72. The van der Waals surface area contributed by atoms with Crippen LogP contribution in [-0.2, 0) is 16.0 Å². The first-order valence-corrected chi connectivity index (χ1v) is 6.47. The van der Waals surface area contributed by atoms with E-state index in [9.17, 15) is 9.59 Å². The maximum Gasteiger partial charge on any atom is 0.287 e. The lowest BCUT2D eigenvalue weighted by Gasteiger charge is -2.06. The fourth-order valence-electron chi connectivity index (χ4n) is 1.65. The Morgan fingerprint density at radius 2 is 1.78 bits per heavy atom. The van der Waals surface area contributed by atoms with E-state index in [1.165, 1.54) is 5.56 Å². The minimum Gasteiger partial charge on any atom is -0.349 e. The number of rotatable bonds is 7. The Kier molecular flexibility index (Phi) is 6.12. The molecule has 0 spiro atoms. The number of Topliss-reactive ketones (excluding diaryl/α,β-unsaturated/α-hetero) is 1. The minimum atomic E-state index is -0.454. The molecule has 1 amide bonds. The van der Waals surface area contributed by atoms with Crippen molar-refractivity contribution in [3.05, 3.63) is 35.9 Å². The van der Waals surface area contributed by atoms with E-state index >= 15 is 0 Å². The fourth-order valence-corrected chi connectivity index (χ4v) is 1.65. The molecule has 0 bridgehead atoms. The summed E-state index contributed by atoms with van der Waals surface area (Å²) in [6.07, 6.45) is 2.92. The molecule has 98 valence electrons. The van der Waals surface area contributed by atoms with Gasteiger partial charge < -0.3 is 5.32 Å². The zero-order valence-corrected chi connectivity index (χ0v) is 11.1. The molecule has 3 nitrogen and oxygen atoms in total. The normalized spacial score (nSPS) is 10.4. The third-order valence-corrected chi connectivity index (χ3v) is 2.77. The average Bonchev–Trinajstić information content (AvgIpc) is 2.38. The van der Waals surface area contributed by atoms with E-state index < -0.39 is 5.91 Å². The Labute approximate surface area is 109 Å². The van der Waals surface area contributed by atoms with E-state index in [2.05, 4.69) is 17.4 Å². The molecule has 1 N–H and O–H groups in total. The number of hydrogen-bond acceptors (Lipinski definition) is 2. The fraction of sp³-hybridized carbons (Fsp3) is 0.467. The highest BCUT2D eigenvalue weighted by Crippen LogP contribution is 2.03. The highest BCUT2D eigenvalue weighted by atomic mass is 16.2. The van der Waals surface area contributed by atoms with Crippen molar-refractivity contribution in [1.29, 1.82) is 0 Å². The molecule has 0 aliphatic heterocycles. The Morgan fingerprint density at radius 3 is 2.39 bits per heavy atom. The Morgan fingerprint density at radius 1 is 1.11 bits per heavy atom. The molecule has 0 saturated carbocycles. The summed E-state index contributed by atoms with van der Waals surface area (Å²) >= 11 is 0. The zero-order valence-electron chi connectivity index (χ0n) is 11.1. The van der Waals surface area contributed by atoms with Crippen LogP contribution in [0.3, 0.4) is 0 Å². The van der Waals surface area contributed by atoms with Gasteiger partial charge in [-0.3, -0.25) is 9.59 Å². The van der Waals surface area contributed by atoms with Crippen LogP contribution in [0.4, 0.5) is 0 Å². The second-order valence-corrected chi connectivity index (χ2v) is 4.72. The molecule has 0 radical (unpaired) electrons. The van der Waals surface area contributed by atoms with Gasteiger partial charge in [0.05, 0.1) is 0 Å². The Balaban J connectivity index is 2.12. The first kappa shape index (κ1) is 14.4. The van der Waals surface area contributed by atoms with Crippen molar-refractivity contribution in [1.82, 2.24) is 5.32 Å². The molecular weight excluding hydrogens is 226 g/mol. The number of aryl methyl sites for hydroxylation is 1. The number of nitrogens with one attached hydrogen (secondary N) is 1. The van der Waals surface area contributed by atoms with Gasteiger partial charge in [0, 0.05) is 12.5 Å². The van der Waals surface area contributed by atoms with Gasteiger partial charge in [-0.2, -0.15) is 0 Å². The summed E-state index contributed by atoms with van der Waals surface area (Å²) in [6.45, 7) is 4.04. The van der Waals surface area contributed by atoms with Gasteiger partial charge in [-0.05, 0) is 24.8 Å². The van der Waals surface area contributed by atoms with E-state index in [0.29, 0.717) is 6.54 Å². The summed E-state index contributed by atoms with van der Waals surface area (Å²) < 4.78 is 0. The summed E-state index contributed by atoms with van der Waals surface area (Å²) in [4.78, 5) is 22.7. The van der Waals surface area contributed by atoms with Crippen molar-refractivity contribution in [2.24, 2.45) is 5.92 Å². The van der Waals surface area contributed by atoms with Crippen LogP contribution in [0.2, 0.25) is 0 Å². The lowest BCUT2D eigenvalue weighted by atomic mass is 10.1. The molecule has 0 unspecified atom stereocenters. The largest absolute Gasteiger partial charge is 0.349 e. The van der Waals surface area contributed by atoms with Crippen molar-refractivity contribution in [3.63, 3.8) is 0 Å². The lowest BCUT2D eigenvalue weighted by molar-refractivity contribution is -0.139. The minimum absolute atomic E-state index is 0.227. The molecule has 0 saturated heterocycles. The molecule has 0 aliphatic carbocycles. The highest BCUT2D eigenvalue weighted by Gasteiger charge is 2.16. The first-order chi connectivity index (χ1) is 8.61. The predicted molar refractivity (Wildman–Crippen MR) is 72.2 cm³/mol. The van der Waals surface area contributed by atoms with Crippen molar-refractivity contribution in [2.45, 2.75) is 33.1 Å². The number of amides is 1. The van der Waals surface area contributed by atoms with Crippen molar-refractivity contribution in [3.8, 4) is 0 Å². The predicted octanol–water partition coefficient (Wildman–Crippen LogP) is 2.35. The SMILES string of the molecule is CC(C)C(=O)C(=O)NCCCCc1ccccc1. The molecule has 3 heteroatoms. The monoisotopic (exact) mass is 247 g/mol. The van der Waals surface area contributed by atoms with Gasteiger partial charge in [0.25, 0.3) is 5.91 Å². The number of hydrogen-bond donors (Lipinski definition) is 1. The summed E-state index contributed by atoms with van der Waals surface area (Å²) in [5.74, 6) is -1.02. The number of carbonyl (C=O) groups is 2. The van der Waals surface area contributed by atoms with Crippen LogP contribution in [0, 0.1) is 5.92 Å². The van der Waals surface area contributed by atoms with E-state index in [1.807, 2.05) is 18.2 Å². The third kappa shape index (κ3) is 5.13. The van der Waals surface area contributed by atoms with E-state index in [4.69, 9.17) is 0 Å². The summed E-state index contributed by atoms with van der Waals surface area (Å²) in [7, 11) is 0. The summed E-state index contributed by atoms with van der Waals surface area (Å²) in [6, 6.07) is 10.2. The summed E-state index contributed by atoms with van der Waals surface area (Å²) in [5, 5.41) is 2.66. The van der Waals surface area contributed by atoms with Gasteiger partial charge in [-0.25, -0.2) is 0 Å². The maximum atomic E-state index is 11.4.